The maximum atomic E-state index is 5.84. The molecular formula is C14H19BrClN. The molecule has 2 rings (SSSR count). The molecule has 1 nitrogen and oxygen atoms in total. The number of hydrogen-bond donors (Lipinski definition) is 0. The monoisotopic (exact) mass is 315 g/mol. The lowest BCUT2D eigenvalue weighted by atomic mass is 9.95. The molecule has 1 saturated heterocycles. The Morgan fingerprint density at radius 3 is 2.76 bits per heavy atom. The molecule has 94 valence electrons. The Labute approximate surface area is 117 Å². The van der Waals surface area contributed by atoms with Gasteiger partial charge < -0.3 is 0 Å². The molecule has 1 aromatic carbocycles. The Kier molecular flexibility index (Phi) is 5.33. The number of halogens is 2. The predicted octanol–water partition coefficient (Wildman–Crippen LogP) is 4.29. The van der Waals surface area contributed by atoms with Crippen molar-refractivity contribution >= 4 is 27.5 Å². The van der Waals surface area contributed by atoms with Crippen LogP contribution in [0.5, 0.6) is 0 Å². The van der Waals surface area contributed by atoms with Crippen molar-refractivity contribution in [2.24, 2.45) is 5.92 Å². The van der Waals surface area contributed by atoms with Crippen molar-refractivity contribution in [2.75, 3.05) is 19.0 Å². The van der Waals surface area contributed by atoms with E-state index in [0.717, 1.165) is 22.8 Å². The van der Waals surface area contributed by atoms with Gasteiger partial charge in [-0.2, -0.15) is 0 Å². The van der Waals surface area contributed by atoms with E-state index in [1.807, 2.05) is 0 Å². The second kappa shape index (κ2) is 6.77. The van der Waals surface area contributed by atoms with Crippen LogP contribution in [0.25, 0.3) is 0 Å². The zero-order chi connectivity index (χ0) is 12.1. The first-order valence-electron chi connectivity index (χ1n) is 6.30. The van der Waals surface area contributed by atoms with Crippen LogP contribution in [0.1, 0.15) is 24.8 Å². The summed E-state index contributed by atoms with van der Waals surface area (Å²) in [5, 5.41) is 0. The van der Waals surface area contributed by atoms with E-state index in [2.05, 4.69) is 45.1 Å². The van der Waals surface area contributed by atoms with Gasteiger partial charge in [0.25, 0.3) is 0 Å². The number of alkyl halides is 1. The topological polar surface area (TPSA) is 3.24 Å². The first-order chi connectivity index (χ1) is 8.28. The van der Waals surface area contributed by atoms with Crippen LogP contribution in [0.4, 0.5) is 0 Å². The molecule has 0 aromatic heterocycles. The Morgan fingerprint density at radius 2 is 2.06 bits per heavy atom. The SMILES string of the molecule is ClCCC1CCCN(Cc2ccc(Br)cc2)C1. The molecule has 0 radical (unpaired) electrons. The van der Waals surface area contributed by atoms with E-state index >= 15 is 0 Å². The van der Waals surface area contributed by atoms with E-state index in [-0.39, 0.29) is 0 Å². The van der Waals surface area contributed by atoms with Crippen LogP contribution in [0.3, 0.4) is 0 Å². The normalized spacial score (nSPS) is 21.6. The highest BCUT2D eigenvalue weighted by Gasteiger charge is 2.19. The Morgan fingerprint density at radius 1 is 1.29 bits per heavy atom. The molecule has 0 bridgehead atoms. The molecule has 0 saturated carbocycles. The molecule has 1 atom stereocenters. The van der Waals surface area contributed by atoms with Crippen molar-refractivity contribution in [3.8, 4) is 0 Å². The lowest BCUT2D eigenvalue weighted by Crippen LogP contribution is -2.35. The molecule has 1 aliphatic heterocycles. The third-order valence-corrected chi connectivity index (χ3v) is 4.19. The first-order valence-corrected chi connectivity index (χ1v) is 7.63. The van der Waals surface area contributed by atoms with Gasteiger partial charge in [0.2, 0.25) is 0 Å². The first kappa shape index (κ1) is 13.4. The van der Waals surface area contributed by atoms with Gasteiger partial charge >= 0.3 is 0 Å². The average molecular weight is 317 g/mol. The predicted molar refractivity (Wildman–Crippen MR) is 77.5 cm³/mol. The fourth-order valence-corrected chi connectivity index (χ4v) is 3.11. The zero-order valence-corrected chi connectivity index (χ0v) is 12.4. The fraction of sp³-hybridized carbons (Fsp3) is 0.571. The zero-order valence-electron chi connectivity index (χ0n) is 10.0. The quantitative estimate of drug-likeness (QED) is 0.749. The van der Waals surface area contributed by atoms with Gasteiger partial charge in [-0.25, -0.2) is 0 Å². The van der Waals surface area contributed by atoms with Gasteiger partial charge in [-0.15, -0.1) is 11.6 Å². The van der Waals surface area contributed by atoms with Crippen molar-refractivity contribution in [1.82, 2.24) is 4.90 Å². The lowest BCUT2D eigenvalue weighted by Gasteiger charge is -2.32. The van der Waals surface area contributed by atoms with Gasteiger partial charge in [0, 0.05) is 23.4 Å². The maximum Gasteiger partial charge on any atom is 0.0233 e. The van der Waals surface area contributed by atoms with Crippen LogP contribution in [-0.4, -0.2) is 23.9 Å². The van der Waals surface area contributed by atoms with Gasteiger partial charge in [0.05, 0.1) is 0 Å². The maximum absolute atomic E-state index is 5.84. The Bertz CT molecular complexity index is 337. The number of hydrogen-bond acceptors (Lipinski definition) is 1. The molecule has 0 spiro atoms. The number of piperidine rings is 1. The van der Waals surface area contributed by atoms with E-state index in [1.165, 1.54) is 37.9 Å². The van der Waals surface area contributed by atoms with Crippen LogP contribution in [0.15, 0.2) is 28.7 Å². The second-order valence-electron chi connectivity index (χ2n) is 4.85. The minimum atomic E-state index is 0.802. The number of nitrogens with zero attached hydrogens (tertiary/aromatic N) is 1. The Hall–Kier alpha value is -0.0500. The van der Waals surface area contributed by atoms with Crippen LogP contribution >= 0.6 is 27.5 Å². The summed E-state index contributed by atoms with van der Waals surface area (Å²) >= 11 is 9.31. The van der Waals surface area contributed by atoms with Gasteiger partial charge in [-0.1, -0.05) is 28.1 Å². The molecule has 1 heterocycles. The van der Waals surface area contributed by atoms with Crippen LogP contribution in [0.2, 0.25) is 0 Å². The van der Waals surface area contributed by atoms with Crippen molar-refractivity contribution < 1.29 is 0 Å². The molecular weight excluding hydrogens is 298 g/mol. The molecule has 3 heteroatoms. The van der Waals surface area contributed by atoms with E-state index in [0.29, 0.717) is 0 Å². The fourth-order valence-electron chi connectivity index (χ4n) is 2.53. The standard InChI is InChI=1S/C14H19BrClN/c15-14-5-3-13(4-6-14)11-17-9-1-2-12(10-17)7-8-16/h3-6,12H,1-2,7-11H2. The van der Waals surface area contributed by atoms with E-state index in [4.69, 9.17) is 11.6 Å². The smallest absolute Gasteiger partial charge is 0.0233 e. The third kappa shape index (κ3) is 4.27. The number of rotatable bonds is 4. The van der Waals surface area contributed by atoms with Crippen molar-refractivity contribution in [2.45, 2.75) is 25.8 Å². The average Bonchev–Trinajstić information content (AvgIpc) is 2.33. The van der Waals surface area contributed by atoms with Crippen LogP contribution in [0, 0.1) is 5.92 Å². The molecule has 0 N–H and O–H groups in total. The second-order valence-corrected chi connectivity index (χ2v) is 6.14. The minimum absolute atomic E-state index is 0.802. The van der Waals surface area contributed by atoms with Crippen molar-refractivity contribution in [3.63, 3.8) is 0 Å². The summed E-state index contributed by atoms with van der Waals surface area (Å²) in [7, 11) is 0. The minimum Gasteiger partial charge on any atom is -0.299 e. The number of likely N-dealkylation sites (tertiary alicyclic amines) is 1. The molecule has 1 unspecified atom stereocenters. The summed E-state index contributed by atoms with van der Waals surface area (Å²) in [5.74, 6) is 1.60. The van der Waals surface area contributed by atoms with Crippen molar-refractivity contribution in [1.29, 1.82) is 0 Å². The van der Waals surface area contributed by atoms with Gasteiger partial charge in [-0.3, -0.25) is 4.90 Å². The van der Waals surface area contributed by atoms with Crippen LogP contribution < -0.4 is 0 Å². The molecule has 0 aliphatic carbocycles. The van der Waals surface area contributed by atoms with E-state index < -0.39 is 0 Å². The molecule has 0 amide bonds. The number of benzene rings is 1. The summed E-state index contributed by atoms with van der Waals surface area (Å²) in [6.07, 6.45) is 3.83. The summed E-state index contributed by atoms with van der Waals surface area (Å²) in [4.78, 5) is 2.56. The molecule has 1 aliphatic rings. The van der Waals surface area contributed by atoms with Gasteiger partial charge in [-0.05, 0) is 49.4 Å². The summed E-state index contributed by atoms with van der Waals surface area (Å²) in [5.41, 5.74) is 1.40. The molecule has 1 fully saturated rings. The van der Waals surface area contributed by atoms with Crippen LogP contribution in [-0.2, 0) is 6.54 Å². The van der Waals surface area contributed by atoms with Gasteiger partial charge in [0.1, 0.15) is 0 Å². The lowest BCUT2D eigenvalue weighted by molar-refractivity contribution is 0.165. The van der Waals surface area contributed by atoms with Gasteiger partial charge in [0.15, 0.2) is 0 Å². The van der Waals surface area contributed by atoms with E-state index in [1.54, 1.807) is 0 Å². The highest BCUT2D eigenvalue weighted by atomic mass is 79.9. The molecule has 1 aromatic rings. The summed E-state index contributed by atoms with van der Waals surface area (Å²) < 4.78 is 1.15. The highest BCUT2D eigenvalue weighted by molar-refractivity contribution is 9.10. The molecule has 17 heavy (non-hydrogen) atoms. The highest BCUT2D eigenvalue weighted by Crippen LogP contribution is 2.22. The van der Waals surface area contributed by atoms with E-state index in [9.17, 15) is 0 Å². The third-order valence-electron chi connectivity index (χ3n) is 3.44. The summed E-state index contributed by atoms with van der Waals surface area (Å²) in [6.45, 7) is 3.52. The van der Waals surface area contributed by atoms with Crippen molar-refractivity contribution in [3.05, 3.63) is 34.3 Å². The summed E-state index contributed by atoms with van der Waals surface area (Å²) in [6, 6.07) is 8.65. The Balaban J connectivity index is 1.87. The largest absolute Gasteiger partial charge is 0.299 e.